The molecule has 3 rings (SSSR count). The van der Waals surface area contributed by atoms with Gasteiger partial charge in [0.15, 0.2) is 0 Å². The van der Waals surface area contributed by atoms with Crippen molar-refractivity contribution in [2.75, 3.05) is 13.1 Å². The maximum absolute atomic E-state index is 13.6. The number of hydrogen-bond donors (Lipinski definition) is 0. The highest BCUT2D eigenvalue weighted by atomic mass is 19.1. The number of halogens is 1. The van der Waals surface area contributed by atoms with Crippen LogP contribution in [0.3, 0.4) is 0 Å². The Balaban J connectivity index is 1.50. The molecule has 3 nitrogen and oxygen atoms in total. The maximum atomic E-state index is 13.6. The highest BCUT2D eigenvalue weighted by Gasteiger charge is 2.20. The van der Waals surface area contributed by atoms with Gasteiger partial charge in [0.2, 0.25) is 0 Å². The molecule has 106 valence electrons. The first-order chi connectivity index (χ1) is 9.81. The van der Waals surface area contributed by atoms with Crippen LogP contribution < -0.4 is 0 Å². The first kappa shape index (κ1) is 13.3. The molecule has 0 bridgehead atoms. The van der Waals surface area contributed by atoms with Crippen LogP contribution in [0.5, 0.6) is 0 Å². The van der Waals surface area contributed by atoms with Crippen molar-refractivity contribution in [3.63, 3.8) is 0 Å². The molecule has 1 aromatic heterocycles. The summed E-state index contributed by atoms with van der Waals surface area (Å²) in [6.07, 6.45) is 8.07. The number of nitrogens with zero attached hydrogens (tertiary/aromatic N) is 3. The molecule has 0 amide bonds. The second kappa shape index (κ2) is 6.18. The van der Waals surface area contributed by atoms with Crippen LogP contribution in [0.2, 0.25) is 0 Å². The Bertz CT molecular complexity index is 530. The predicted octanol–water partition coefficient (Wildman–Crippen LogP) is 2.93. The molecule has 1 aliphatic rings. The first-order valence-corrected chi connectivity index (χ1v) is 7.23. The lowest BCUT2D eigenvalue weighted by Crippen LogP contribution is -2.34. The Morgan fingerprint density at radius 3 is 2.70 bits per heavy atom. The number of aromatic nitrogens is 2. The number of rotatable bonds is 4. The molecule has 0 saturated carbocycles. The minimum atomic E-state index is -0.0898. The molecular weight excluding hydrogens is 253 g/mol. The fraction of sp³-hybridized carbons (Fsp3) is 0.438. The Morgan fingerprint density at radius 2 is 2.00 bits per heavy atom. The average molecular weight is 273 g/mol. The monoisotopic (exact) mass is 273 g/mol. The van der Waals surface area contributed by atoms with E-state index in [2.05, 4.69) is 14.5 Å². The van der Waals surface area contributed by atoms with Gasteiger partial charge in [0, 0.05) is 31.0 Å². The van der Waals surface area contributed by atoms with E-state index in [1.165, 1.54) is 12.8 Å². The van der Waals surface area contributed by atoms with Crippen LogP contribution in [0.1, 0.15) is 18.4 Å². The van der Waals surface area contributed by atoms with Gasteiger partial charge in [0.25, 0.3) is 0 Å². The zero-order chi connectivity index (χ0) is 13.8. The van der Waals surface area contributed by atoms with Gasteiger partial charge in [-0.1, -0.05) is 18.2 Å². The van der Waals surface area contributed by atoms with E-state index in [1.54, 1.807) is 12.1 Å². The van der Waals surface area contributed by atoms with Crippen molar-refractivity contribution in [1.29, 1.82) is 0 Å². The van der Waals surface area contributed by atoms with Gasteiger partial charge in [-0.25, -0.2) is 9.37 Å². The Labute approximate surface area is 119 Å². The van der Waals surface area contributed by atoms with Crippen LogP contribution in [0.15, 0.2) is 43.0 Å². The van der Waals surface area contributed by atoms with Crippen LogP contribution in [0.4, 0.5) is 4.39 Å². The SMILES string of the molecule is Fc1ccccc1CN1CCC(Cn2ccnc2)CC1. The lowest BCUT2D eigenvalue weighted by molar-refractivity contribution is 0.165. The van der Waals surface area contributed by atoms with Gasteiger partial charge in [-0.3, -0.25) is 4.90 Å². The van der Waals surface area contributed by atoms with E-state index in [-0.39, 0.29) is 5.82 Å². The highest BCUT2D eigenvalue weighted by molar-refractivity contribution is 5.17. The van der Waals surface area contributed by atoms with Gasteiger partial charge in [-0.2, -0.15) is 0 Å². The second-order valence-electron chi connectivity index (χ2n) is 5.57. The van der Waals surface area contributed by atoms with Crippen molar-refractivity contribution in [1.82, 2.24) is 14.5 Å². The van der Waals surface area contributed by atoms with Gasteiger partial charge in [0.05, 0.1) is 6.33 Å². The maximum Gasteiger partial charge on any atom is 0.127 e. The zero-order valence-corrected chi connectivity index (χ0v) is 11.6. The number of piperidine rings is 1. The normalized spacial score (nSPS) is 17.4. The van der Waals surface area contributed by atoms with Crippen LogP contribution in [-0.2, 0) is 13.1 Å². The van der Waals surface area contributed by atoms with Gasteiger partial charge >= 0.3 is 0 Å². The molecule has 4 heteroatoms. The molecule has 1 saturated heterocycles. The number of imidazole rings is 1. The summed E-state index contributed by atoms with van der Waals surface area (Å²) in [4.78, 5) is 6.43. The minimum absolute atomic E-state index is 0.0898. The first-order valence-electron chi connectivity index (χ1n) is 7.23. The fourth-order valence-corrected chi connectivity index (χ4v) is 2.89. The Kier molecular flexibility index (Phi) is 4.11. The third-order valence-corrected chi connectivity index (χ3v) is 4.09. The van der Waals surface area contributed by atoms with Crippen LogP contribution in [-0.4, -0.2) is 27.5 Å². The molecule has 0 atom stereocenters. The molecule has 0 radical (unpaired) electrons. The van der Waals surface area contributed by atoms with Crippen LogP contribution >= 0.6 is 0 Å². The molecule has 1 aromatic carbocycles. The van der Waals surface area contributed by atoms with E-state index >= 15 is 0 Å². The molecule has 0 unspecified atom stereocenters. The molecule has 0 aliphatic carbocycles. The van der Waals surface area contributed by atoms with E-state index in [4.69, 9.17) is 0 Å². The van der Waals surface area contributed by atoms with Gasteiger partial charge in [-0.15, -0.1) is 0 Å². The minimum Gasteiger partial charge on any atom is -0.337 e. The molecule has 20 heavy (non-hydrogen) atoms. The smallest absolute Gasteiger partial charge is 0.127 e. The summed E-state index contributed by atoms with van der Waals surface area (Å²) in [7, 11) is 0. The van der Waals surface area contributed by atoms with E-state index in [0.717, 1.165) is 31.7 Å². The van der Waals surface area contributed by atoms with Crippen LogP contribution in [0, 0.1) is 11.7 Å². The fourth-order valence-electron chi connectivity index (χ4n) is 2.89. The van der Waals surface area contributed by atoms with E-state index < -0.39 is 0 Å². The molecule has 1 aliphatic heterocycles. The average Bonchev–Trinajstić information content (AvgIpc) is 2.96. The summed E-state index contributed by atoms with van der Waals surface area (Å²) in [5.41, 5.74) is 0.806. The standard InChI is InChI=1S/C16H20FN3/c17-16-4-2-1-3-15(16)12-19-8-5-14(6-9-19)11-20-10-7-18-13-20/h1-4,7,10,13-14H,5-6,8-9,11-12H2. The summed E-state index contributed by atoms with van der Waals surface area (Å²) in [6, 6.07) is 7.08. The molecular formula is C16H20FN3. The zero-order valence-electron chi connectivity index (χ0n) is 11.6. The highest BCUT2D eigenvalue weighted by Crippen LogP contribution is 2.21. The Morgan fingerprint density at radius 1 is 1.20 bits per heavy atom. The lowest BCUT2D eigenvalue weighted by Gasteiger charge is -2.32. The predicted molar refractivity (Wildman–Crippen MR) is 76.6 cm³/mol. The van der Waals surface area contributed by atoms with Gasteiger partial charge in [-0.05, 0) is 37.9 Å². The molecule has 0 spiro atoms. The van der Waals surface area contributed by atoms with E-state index in [1.807, 2.05) is 30.9 Å². The van der Waals surface area contributed by atoms with Gasteiger partial charge < -0.3 is 4.57 Å². The van der Waals surface area contributed by atoms with Crippen molar-refractivity contribution < 1.29 is 4.39 Å². The van der Waals surface area contributed by atoms with Crippen molar-refractivity contribution in [2.24, 2.45) is 5.92 Å². The van der Waals surface area contributed by atoms with E-state index in [0.29, 0.717) is 5.92 Å². The van der Waals surface area contributed by atoms with Crippen molar-refractivity contribution >= 4 is 0 Å². The summed E-state index contributed by atoms with van der Waals surface area (Å²) in [5, 5.41) is 0. The van der Waals surface area contributed by atoms with E-state index in [9.17, 15) is 4.39 Å². The van der Waals surface area contributed by atoms with Gasteiger partial charge in [0.1, 0.15) is 5.82 Å². The number of likely N-dealkylation sites (tertiary alicyclic amines) is 1. The summed E-state index contributed by atoms with van der Waals surface area (Å²) < 4.78 is 15.8. The summed E-state index contributed by atoms with van der Waals surface area (Å²) in [6.45, 7) is 3.87. The summed E-state index contributed by atoms with van der Waals surface area (Å²) >= 11 is 0. The molecule has 0 N–H and O–H groups in total. The second-order valence-corrected chi connectivity index (χ2v) is 5.57. The third-order valence-electron chi connectivity index (χ3n) is 4.09. The topological polar surface area (TPSA) is 21.1 Å². The van der Waals surface area contributed by atoms with Crippen molar-refractivity contribution in [2.45, 2.75) is 25.9 Å². The largest absolute Gasteiger partial charge is 0.337 e. The Hall–Kier alpha value is -1.68. The molecule has 2 heterocycles. The molecule has 2 aromatic rings. The van der Waals surface area contributed by atoms with Crippen molar-refractivity contribution in [3.05, 3.63) is 54.4 Å². The number of hydrogen-bond acceptors (Lipinski definition) is 2. The lowest BCUT2D eigenvalue weighted by atomic mass is 9.96. The number of benzene rings is 1. The molecule has 1 fully saturated rings. The summed E-state index contributed by atoms with van der Waals surface area (Å²) in [5.74, 6) is 0.620. The quantitative estimate of drug-likeness (QED) is 0.854. The third kappa shape index (κ3) is 3.25. The van der Waals surface area contributed by atoms with Crippen LogP contribution in [0.25, 0.3) is 0 Å². The van der Waals surface area contributed by atoms with Crippen molar-refractivity contribution in [3.8, 4) is 0 Å².